The number of rotatable bonds is 4. The Labute approximate surface area is 134 Å². The molecule has 2 nitrogen and oxygen atoms in total. The molecule has 1 aromatic carbocycles. The molecule has 2 bridgehead atoms. The summed E-state index contributed by atoms with van der Waals surface area (Å²) >= 11 is 9.67. The molecule has 0 aromatic heterocycles. The highest BCUT2D eigenvalue weighted by Crippen LogP contribution is 2.51. The normalized spacial score (nSPS) is 29.7. The topological polar surface area (TPSA) is 35.2 Å². The molecule has 0 radical (unpaired) electrons. The lowest BCUT2D eigenvalue weighted by atomic mass is 9.83. The Morgan fingerprint density at radius 1 is 1.40 bits per heavy atom. The first-order valence-electron chi connectivity index (χ1n) is 7.37. The quantitative estimate of drug-likeness (QED) is 0.827. The minimum atomic E-state index is 0.00398. The number of nitrogens with two attached hydrogens (primary N) is 1. The van der Waals surface area contributed by atoms with Crippen LogP contribution in [0.1, 0.15) is 43.7 Å². The Bertz CT molecular complexity index is 507. The van der Waals surface area contributed by atoms with Gasteiger partial charge in [-0.2, -0.15) is 0 Å². The van der Waals surface area contributed by atoms with Crippen LogP contribution in [0.3, 0.4) is 0 Å². The zero-order valence-electron chi connectivity index (χ0n) is 11.7. The van der Waals surface area contributed by atoms with Gasteiger partial charge in [0.15, 0.2) is 0 Å². The van der Waals surface area contributed by atoms with Crippen LogP contribution in [-0.2, 0) is 0 Å². The van der Waals surface area contributed by atoms with E-state index in [1.165, 1.54) is 25.7 Å². The molecule has 4 heteroatoms. The van der Waals surface area contributed by atoms with E-state index in [2.05, 4.69) is 15.9 Å². The molecule has 4 atom stereocenters. The fraction of sp³-hybridized carbons (Fsp3) is 0.625. The van der Waals surface area contributed by atoms with Gasteiger partial charge in [0.25, 0.3) is 0 Å². The average Bonchev–Trinajstić information content (AvgIpc) is 3.00. The van der Waals surface area contributed by atoms with Crippen molar-refractivity contribution in [2.45, 2.75) is 38.1 Å². The van der Waals surface area contributed by atoms with Gasteiger partial charge in [0.2, 0.25) is 0 Å². The minimum absolute atomic E-state index is 0.00398. The summed E-state index contributed by atoms with van der Waals surface area (Å²) in [7, 11) is 1.68. The molecule has 0 aliphatic heterocycles. The fourth-order valence-corrected chi connectivity index (χ4v) is 5.19. The lowest BCUT2D eigenvalue weighted by Gasteiger charge is -2.26. The second kappa shape index (κ2) is 5.86. The van der Waals surface area contributed by atoms with Crippen molar-refractivity contribution in [2.75, 3.05) is 7.11 Å². The van der Waals surface area contributed by atoms with Gasteiger partial charge in [-0.05, 0) is 71.5 Å². The third-order valence-electron chi connectivity index (χ3n) is 5.08. The minimum Gasteiger partial charge on any atom is -0.495 e. The number of ether oxygens (including phenoxy) is 1. The van der Waals surface area contributed by atoms with Gasteiger partial charge >= 0.3 is 0 Å². The summed E-state index contributed by atoms with van der Waals surface area (Å²) in [5.74, 6) is 3.47. The fourth-order valence-electron chi connectivity index (χ4n) is 4.19. The van der Waals surface area contributed by atoms with E-state index in [4.69, 9.17) is 22.1 Å². The van der Waals surface area contributed by atoms with Gasteiger partial charge in [-0.3, -0.25) is 0 Å². The van der Waals surface area contributed by atoms with Crippen molar-refractivity contribution in [3.8, 4) is 5.75 Å². The molecule has 3 rings (SSSR count). The van der Waals surface area contributed by atoms with E-state index in [-0.39, 0.29) is 6.04 Å². The summed E-state index contributed by atoms with van der Waals surface area (Å²) in [5.41, 5.74) is 7.48. The van der Waals surface area contributed by atoms with Crippen molar-refractivity contribution in [1.29, 1.82) is 0 Å². The molecule has 110 valence electrons. The van der Waals surface area contributed by atoms with Crippen LogP contribution in [0.25, 0.3) is 0 Å². The molecule has 2 saturated carbocycles. The lowest BCUT2D eigenvalue weighted by molar-refractivity contribution is 0.293. The Morgan fingerprint density at radius 3 is 2.80 bits per heavy atom. The molecule has 0 heterocycles. The van der Waals surface area contributed by atoms with E-state index in [0.717, 1.165) is 40.0 Å². The van der Waals surface area contributed by atoms with E-state index >= 15 is 0 Å². The first-order valence-corrected chi connectivity index (χ1v) is 8.54. The maximum atomic E-state index is 6.46. The number of halogens is 2. The molecule has 0 amide bonds. The highest BCUT2D eigenvalue weighted by Gasteiger charge is 2.40. The number of benzene rings is 1. The number of methoxy groups -OCH3 is 1. The Balaban J connectivity index is 1.78. The van der Waals surface area contributed by atoms with E-state index in [1.54, 1.807) is 7.11 Å². The zero-order chi connectivity index (χ0) is 14.3. The summed E-state index contributed by atoms with van der Waals surface area (Å²) in [6.45, 7) is 0. The molecular weight excluding hydrogens is 338 g/mol. The Morgan fingerprint density at radius 2 is 2.20 bits per heavy atom. The molecule has 4 unspecified atom stereocenters. The van der Waals surface area contributed by atoms with Crippen molar-refractivity contribution in [3.63, 3.8) is 0 Å². The van der Waals surface area contributed by atoms with Crippen LogP contribution in [0.2, 0.25) is 5.02 Å². The maximum Gasteiger partial charge on any atom is 0.137 e. The van der Waals surface area contributed by atoms with Crippen molar-refractivity contribution < 1.29 is 4.74 Å². The monoisotopic (exact) mass is 357 g/mol. The van der Waals surface area contributed by atoms with Crippen LogP contribution >= 0.6 is 27.5 Å². The highest BCUT2D eigenvalue weighted by atomic mass is 79.9. The van der Waals surface area contributed by atoms with E-state index in [9.17, 15) is 0 Å². The Kier molecular flexibility index (Phi) is 4.30. The second-order valence-corrected chi connectivity index (χ2v) is 7.58. The smallest absolute Gasteiger partial charge is 0.137 e. The van der Waals surface area contributed by atoms with Crippen LogP contribution in [0.4, 0.5) is 0 Å². The van der Waals surface area contributed by atoms with Crippen LogP contribution in [0.15, 0.2) is 16.6 Å². The van der Waals surface area contributed by atoms with Gasteiger partial charge in [0, 0.05) is 16.6 Å². The van der Waals surface area contributed by atoms with Gasteiger partial charge < -0.3 is 10.5 Å². The zero-order valence-corrected chi connectivity index (χ0v) is 14.1. The molecular formula is C16H21BrClNO. The number of fused-ring (bicyclic) bond motifs is 2. The Hall–Kier alpha value is -0.250. The maximum absolute atomic E-state index is 6.46. The second-order valence-electron chi connectivity index (χ2n) is 6.29. The van der Waals surface area contributed by atoms with Crippen molar-refractivity contribution >= 4 is 27.5 Å². The van der Waals surface area contributed by atoms with Crippen LogP contribution in [0, 0.1) is 17.8 Å². The molecule has 1 aromatic rings. The van der Waals surface area contributed by atoms with Crippen molar-refractivity contribution in [1.82, 2.24) is 0 Å². The third-order valence-corrected chi connectivity index (χ3v) is 5.89. The predicted octanol–water partition coefficient (Wildman–Crippen LogP) is 4.94. The first-order chi connectivity index (χ1) is 9.58. The van der Waals surface area contributed by atoms with Gasteiger partial charge in [-0.1, -0.05) is 18.0 Å². The molecule has 0 spiro atoms. The van der Waals surface area contributed by atoms with Crippen molar-refractivity contribution in [2.24, 2.45) is 23.5 Å². The van der Waals surface area contributed by atoms with E-state index < -0.39 is 0 Å². The van der Waals surface area contributed by atoms with E-state index in [1.807, 2.05) is 12.1 Å². The summed E-state index contributed by atoms with van der Waals surface area (Å²) in [6.07, 6.45) is 6.67. The molecule has 20 heavy (non-hydrogen) atoms. The summed E-state index contributed by atoms with van der Waals surface area (Å²) < 4.78 is 6.37. The number of hydrogen-bond donors (Lipinski definition) is 1. The summed E-state index contributed by atoms with van der Waals surface area (Å²) in [6, 6.07) is 3.81. The van der Waals surface area contributed by atoms with Gasteiger partial charge in [-0.15, -0.1) is 0 Å². The highest BCUT2D eigenvalue weighted by molar-refractivity contribution is 9.10. The number of hydrogen-bond acceptors (Lipinski definition) is 2. The largest absolute Gasteiger partial charge is 0.495 e. The first kappa shape index (κ1) is 14.7. The molecule has 2 fully saturated rings. The SMILES string of the molecule is COc1c(Br)cc(Cl)cc1C(N)CC1CC2CCC1C2. The van der Waals surface area contributed by atoms with Gasteiger partial charge in [0.05, 0.1) is 11.6 Å². The van der Waals surface area contributed by atoms with Gasteiger partial charge in [-0.25, -0.2) is 0 Å². The summed E-state index contributed by atoms with van der Waals surface area (Å²) in [5, 5.41) is 0.705. The van der Waals surface area contributed by atoms with E-state index in [0.29, 0.717) is 5.02 Å². The third kappa shape index (κ3) is 2.72. The standard InChI is InChI=1S/C16H21BrClNO/c1-20-16-13(7-12(18)8-14(16)17)15(19)6-11-5-9-2-3-10(11)4-9/h7-11,15H,2-6,19H2,1H3. The van der Waals surface area contributed by atoms with Crippen LogP contribution in [0.5, 0.6) is 5.75 Å². The summed E-state index contributed by atoms with van der Waals surface area (Å²) in [4.78, 5) is 0. The molecule has 2 aliphatic rings. The van der Waals surface area contributed by atoms with Gasteiger partial charge in [0.1, 0.15) is 5.75 Å². The molecule has 2 aliphatic carbocycles. The molecule has 2 N–H and O–H groups in total. The van der Waals surface area contributed by atoms with Crippen LogP contribution in [-0.4, -0.2) is 7.11 Å². The van der Waals surface area contributed by atoms with Crippen LogP contribution < -0.4 is 10.5 Å². The van der Waals surface area contributed by atoms with Crippen molar-refractivity contribution in [3.05, 3.63) is 27.2 Å². The predicted molar refractivity (Wildman–Crippen MR) is 86.2 cm³/mol. The lowest BCUT2D eigenvalue weighted by Crippen LogP contribution is -2.20. The average molecular weight is 359 g/mol. The molecule has 0 saturated heterocycles.